The minimum absolute atomic E-state index is 0.102. The molecule has 3 amide bonds. The Hall–Kier alpha value is -3.42. The first-order chi connectivity index (χ1) is 14.5. The van der Waals surface area contributed by atoms with Crippen LogP contribution in [-0.2, 0) is 24.0 Å². The molecule has 0 aliphatic carbocycles. The number of nitrogens with two attached hydrogens (primary N) is 3. The second-order valence-electron chi connectivity index (χ2n) is 7.02. The van der Waals surface area contributed by atoms with E-state index in [4.69, 9.17) is 27.4 Å². The Morgan fingerprint density at radius 2 is 1.81 bits per heavy atom. The van der Waals surface area contributed by atoms with E-state index in [0.29, 0.717) is 19.3 Å². The number of carbonyl (C=O) groups excluding carboxylic acids is 3. The van der Waals surface area contributed by atoms with Gasteiger partial charge in [0.15, 0.2) is 5.96 Å². The molecule has 1 saturated heterocycles. The molecule has 1 heterocycles. The number of aliphatic imine (C=N–C) groups is 1. The molecule has 1 fully saturated rings. The molecule has 31 heavy (non-hydrogen) atoms. The number of rotatable bonds is 12. The van der Waals surface area contributed by atoms with Crippen LogP contribution in [0, 0.1) is 0 Å². The van der Waals surface area contributed by atoms with Gasteiger partial charge in [-0.15, -0.1) is 0 Å². The molecular formula is C17H29N7O7. The normalized spacial score (nSPS) is 17.3. The summed E-state index contributed by atoms with van der Waals surface area (Å²) in [5.74, 6) is -4.85. The van der Waals surface area contributed by atoms with Crippen molar-refractivity contribution >= 4 is 35.6 Å². The van der Waals surface area contributed by atoms with E-state index in [1.54, 1.807) is 0 Å². The molecule has 10 N–H and O–H groups in total. The van der Waals surface area contributed by atoms with Crippen LogP contribution >= 0.6 is 0 Å². The third-order valence-electron chi connectivity index (χ3n) is 4.59. The zero-order chi connectivity index (χ0) is 23.6. The molecule has 3 unspecified atom stereocenters. The van der Waals surface area contributed by atoms with Gasteiger partial charge in [-0.2, -0.15) is 0 Å². The van der Waals surface area contributed by atoms with Gasteiger partial charge in [-0.25, -0.2) is 4.79 Å². The molecule has 14 heteroatoms. The van der Waals surface area contributed by atoms with E-state index in [-0.39, 0.29) is 25.5 Å². The van der Waals surface area contributed by atoms with Crippen LogP contribution in [0.1, 0.15) is 32.1 Å². The number of nitrogens with zero attached hydrogens (tertiary/aromatic N) is 2. The van der Waals surface area contributed by atoms with Crippen LogP contribution in [0.5, 0.6) is 0 Å². The van der Waals surface area contributed by atoms with Crippen LogP contribution in [0.25, 0.3) is 0 Å². The summed E-state index contributed by atoms with van der Waals surface area (Å²) in [6.45, 7) is -0.0346. The van der Waals surface area contributed by atoms with Gasteiger partial charge in [-0.3, -0.25) is 24.2 Å². The van der Waals surface area contributed by atoms with Gasteiger partial charge in [-0.05, 0) is 25.7 Å². The van der Waals surface area contributed by atoms with Gasteiger partial charge in [0.2, 0.25) is 17.7 Å². The van der Waals surface area contributed by atoms with Crippen LogP contribution in [-0.4, -0.2) is 88.5 Å². The van der Waals surface area contributed by atoms with Crippen molar-refractivity contribution in [3.63, 3.8) is 0 Å². The SMILES string of the molecule is NC(N)=NCCCC(N)C(=O)NC(CC(=O)O)C(=O)NCC(=O)N1CCCC1C(=O)O. The lowest BCUT2D eigenvalue weighted by molar-refractivity contribution is -0.148. The van der Waals surface area contributed by atoms with Crippen molar-refractivity contribution in [1.82, 2.24) is 15.5 Å². The number of aliphatic carboxylic acids is 2. The zero-order valence-corrected chi connectivity index (χ0v) is 17.0. The predicted molar refractivity (Wildman–Crippen MR) is 107 cm³/mol. The molecule has 1 rings (SSSR count). The lowest BCUT2D eigenvalue weighted by atomic mass is 10.1. The van der Waals surface area contributed by atoms with Crippen molar-refractivity contribution in [2.45, 2.75) is 50.2 Å². The molecule has 1 aliphatic rings. The maximum absolute atomic E-state index is 12.3. The van der Waals surface area contributed by atoms with Gasteiger partial charge in [0, 0.05) is 13.1 Å². The number of hydrogen-bond acceptors (Lipinski definition) is 7. The third-order valence-corrected chi connectivity index (χ3v) is 4.59. The molecule has 0 saturated carbocycles. The van der Waals surface area contributed by atoms with Crippen molar-refractivity contribution in [2.75, 3.05) is 19.6 Å². The van der Waals surface area contributed by atoms with E-state index in [9.17, 15) is 24.0 Å². The highest BCUT2D eigenvalue weighted by molar-refractivity contribution is 5.94. The predicted octanol–water partition coefficient (Wildman–Crippen LogP) is -3.48. The van der Waals surface area contributed by atoms with Crippen molar-refractivity contribution in [2.24, 2.45) is 22.2 Å². The number of likely N-dealkylation sites (tertiary alicyclic amines) is 1. The first-order valence-electron chi connectivity index (χ1n) is 9.66. The molecule has 0 radical (unpaired) electrons. The van der Waals surface area contributed by atoms with Crippen LogP contribution in [0.15, 0.2) is 4.99 Å². The van der Waals surface area contributed by atoms with Crippen molar-refractivity contribution < 1.29 is 34.2 Å². The number of carboxylic acid groups (broad SMARTS) is 2. The Balaban J connectivity index is 2.61. The van der Waals surface area contributed by atoms with Gasteiger partial charge >= 0.3 is 11.9 Å². The zero-order valence-electron chi connectivity index (χ0n) is 17.0. The van der Waals surface area contributed by atoms with E-state index in [1.165, 1.54) is 0 Å². The third kappa shape index (κ3) is 8.86. The number of guanidine groups is 1. The van der Waals surface area contributed by atoms with Gasteiger partial charge in [0.05, 0.1) is 19.0 Å². The van der Waals surface area contributed by atoms with Gasteiger partial charge in [-0.1, -0.05) is 0 Å². The van der Waals surface area contributed by atoms with Crippen molar-refractivity contribution in [3.8, 4) is 0 Å². The summed E-state index contributed by atoms with van der Waals surface area (Å²) in [6.07, 6.45) is 0.683. The average Bonchev–Trinajstić information content (AvgIpc) is 3.18. The molecule has 0 aromatic heterocycles. The second kappa shape index (κ2) is 12.3. The van der Waals surface area contributed by atoms with E-state index in [0.717, 1.165) is 4.90 Å². The molecular weight excluding hydrogens is 414 g/mol. The Morgan fingerprint density at radius 1 is 1.13 bits per heavy atom. The van der Waals surface area contributed by atoms with Crippen LogP contribution in [0.4, 0.5) is 0 Å². The largest absolute Gasteiger partial charge is 0.481 e. The highest BCUT2D eigenvalue weighted by atomic mass is 16.4. The maximum atomic E-state index is 12.3. The van der Waals surface area contributed by atoms with Crippen LogP contribution < -0.4 is 27.8 Å². The number of carboxylic acids is 2. The van der Waals surface area contributed by atoms with E-state index < -0.39 is 60.8 Å². The number of amides is 3. The highest BCUT2D eigenvalue weighted by Crippen LogP contribution is 2.17. The quantitative estimate of drug-likeness (QED) is 0.0891. The first kappa shape index (κ1) is 25.6. The summed E-state index contributed by atoms with van der Waals surface area (Å²) in [6, 6.07) is -3.45. The molecule has 0 spiro atoms. The summed E-state index contributed by atoms with van der Waals surface area (Å²) in [4.78, 5) is 63.9. The molecule has 174 valence electrons. The van der Waals surface area contributed by atoms with Gasteiger partial charge < -0.3 is 42.9 Å². The average molecular weight is 443 g/mol. The van der Waals surface area contributed by atoms with Crippen LogP contribution in [0.3, 0.4) is 0 Å². The summed E-state index contributed by atoms with van der Waals surface area (Å²) >= 11 is 0. The fraction of sp³-hybridized carbons (Fsp3) is 0.647. The van der Waals surface area contributed by atoms with Crippen molar-refractivity contribution in [1.29, 1.82) is 0 Å². The lowest BCUT2D eigenvalue weighted by Gasteiger charge is -2.23. The Kier molecular flexibility index (Phi) is 10.2. The van der Waals surface area contributed by atoms with E-state index in [1.807, 2.05) is 0 Å². The smallest absolute Gasteiger partial charge is 0.326 e. The summed E-state index contributed by atoms with van der Waals surface area (Å²) in [5, 5.41) is 22.6. The Bertz CT molecular complexity index is 724. The Morgan fingerprint density at radius 3 is 2.39 bits per heavy atom. The number of nitrogens with one attached hydrogen (secondary N) is 2. The summed E-state index contributed by atoms with van der Waals surface area (Å²) in [5.41, 5.74) is 16.1. The molecule has 0 aromatic rings. The van der Waals surface area contributed by atoms with Crippen molar-refractivity contribution in [3.05, 3.63) is 0 Å². The first-order valence-corrected chi connectivity index (χ1v) is 9.66. The molecule has 0 aromatic carbocycles. The lowest BCUT2D eigenvalue weighted by Crippen LogP contribution is -2.54. The van der Waals surface area contributed by atoms with Gasteiger partial charge in [0.25, 0.3) is 0 Å². The topological polar surface area (TPSA) is 244 Å². The molecule has 3 atom stereocenters. The minimum atomic E-state index is -1.46. The molecule has 1 aliphatic heterocycles. The highest BCUT2D eigenvalue weighted by Gasteiger charge is 2.34. The Labute approximate surface area is 178 Å². The maximum Gasteiger partial charge on any atom is 0.326 e. The van der Waals surface area contributed by atoms with Crippen LogP contribution in [0.2, 0.25) is 0 Å². The summed E-state index contributed by atoms with van der Waals surface area (Å²) in [7, 11) is 0. The summed E-state index contributed by atoms with van der Waals surface area (Å²) < 4.78 is 0. The molecule has 0 bridgehead atoms. The van der Waals surface area contributed by atoms with E-state index >= 15 is 0 Å². The van der Waals surface area contributed by atoms with E-state index in [2.05, 4.69) is 15.6 Å². The minimum Gasteiger partial charge on any atom is -0.481 e. The molecule has 14 nitrogen and oxygen atoms in total. The fourth-order valence-corrected chi connectivity index (χ4v) is 3.02. The number of carbonyl (C=O) groups is 5. The standard InChI is InChI=1S/C17H29N7O7/c18-9(3-1-5-21-17(19)20)14(28)23-10(7-13(26)27)15(29)22-8-12(25)24-6-2-4-11(24)16(30)31/h9-11H,1-8,18H2,(H,22,29)(H,23,28)(H,26,27)(H,30,31)(H4,19,20,21). The monoisotopic (exact) mass is 443 g/mol. The second-order valence-corrected chi connectivity index (χ2v) is 7.02. The van der Waals surface area contributed by atoms with Gasteiger partial charge in [0.1, 0.15) is 12.1 Å². The fourth-order valence-electron chi connectivity index (χ4n) is 3.02. The number of hydrogen-bond donors (Lipinski definition) is 7.